The highest BCUT2D eigenvalue weighted by Gasteiger charge is 2.34. The first-order valence-corrected chi connectivity index (χ1v) is 6.78. The van der Waals surface area contributed by atoms with Gasteiger partial charge in [0.15, 0.2) is 0 Å². The molecular weight excluding hydrogens is 272 g/mol. The third-order valence-electron chi connectivity index (χ3n) is 3.61. The summed E-state index contributed by atoms with van der Waals surface area (Å²) >= 11 is 0. The molecule has 2 N–H and O–H groups in total. The van der Waals surface area contributed by atoms with Gasteiger partial charge < -0.3 is 15.3 Å². The Morgan fingerprint density at radius 3 is 2.57 bits per heavy atom. The molecule has 2 amide bonds. The fourth-order valence-corrected chi connectivity index (χ4v) is 2.38. The topological polar surface area (TPSA) is 86.7 Å². The molecule has 0 saturated carbocycles. The van der Waals surface area contributed by atoms with Crippen LogP contribution in [-0.4, -0.2) is 47.4 Å². The average Bonchev–Trinajstić information content (AvgIpc) is 2.79. The molecule has 112 valence electrons. The maximum atomic E-state index is 12.1. The largest absolute Gasteiger partial charge is 0.480 e. The van der Waals surface area contributed by atoms with E-state index in [0.717, 1.165) is 5.56 Å². The van der Waals surface area contributed by atoms with E-state index < -0.39 is 17.9 Å². The Morgan fingerprint density at radius 2 is 2.05 bits per heavy atom. The van der Waals surface area contributed by atoms with Gasteiger partial charge in [-0.15, -0.1) is 0 Å². The lowest BCUT2D eigenvalue weighted by molar-refractivity contribution is -0.142. The molecular formula is C15H18N2O4. The summed E-state index contributed by atoms with van der Waals surface area (Å²) in [5.74, 6) is -2.02. The molecule has 1 unspecified atom stereocenters. The van der Waals surface area contributed by atoms with E-state index in [1.54, 1.807) is 7.05 Å². The van der Waals surface area contributed by atoms with Crippen molar-refractivity contribution in [3.8, 4) is 0 Å². The molecule has 6 heteroatoms. The summed E-state index contributed by atoms with van der Waals surface area (Å²) < 4.78 is 0. The van der Waals surface area contributed by atoms with Crippen LogP contribution in [0.25, 0.3) is 0 Å². The van der Waals surface area contributed by atoms with E-state index in [4.69, 9.17) is 0 Å². The lowest BCUT2D eigenvalue weighted by Crippen LogP contribution is -2.45. The van der Waals surface area contributed by atoms with Crippen molar-refractivity contribution in [2.75, 3.05) is 13.6 Å². The first-order chi connectivity index (χ1) is 9.97. The van der Waals surface area contributed by atoms with Gasteiger partial charge in [-0.25, -0.2) is 4.79 Å². The van der Waals surface area contributed by atoms with E-state index >= 15 is 0 Å². The van der Waals surface area contributed by atoms with Crippen LogP contribution in [0.5, 0.6) is 0 Å². The van der Waals surface area contributed by atoms with Crippen LogP contribution in [-0.2, 0) is 20.8 Å². The molecule has 0 radical (unpaired) electrons. The van der Waals surface area contributed by atoms with Gasteiger partial charge in [0.1, 0.15) is 6.04 Å². The van der Waals surface area contributed by atoms with Gasteiger partial charge in [-0.05, 0) is 5.56 Å². The first kappa shape index (κ1) is 15.0. The van der Waals surface area contributed by atoms with Gasteiger partial charge in [-0.1, -0.05) is 30.3 Å². The Kier molecular flexibility index (Phi) is 4.57. The van der Waals surface area contributed by atoms with E-state index in [0.29, 0.717) is 6.54 Å². The van der Waals surface area contributed by atoms with Gasteiger partial charge in [0.05, 0.1) is 5.92 Å². The van der Waals surface area contributed by atoms with Crippen LogP contribution >= 0.6 is 0 Å². The molecule has 1 aliphatic heterocycles. The van der Waals surface area contributed by atoms with Crippen molar-refractivity contribution >= 4 is 17.8 Å². The number of nitrogens with one attached hydrogen (secondary N) is 1. The Balaban J connectivity index is 1.98. The van der Waals surface area contributed by atoms with Gasteiger partial charge in [-0.3, -0.25) is 9.59 Å². The maximum Gasteiger partial charge on any atom is 0.326 e. The van der Waals surface area contributed by atoms with E-state index in [-0.39, 0.29) is 24.7 Å². The zero-order chi connectivity index (χ0) is 15.4. The standard InChI is InChI=1S/C15H18N2O4/c1-17-9-11(8-13(17)18)14(19)16-12(15(20)21)7-10-5-3-2-4-6-10/h2-6,11-12H,7-9H2,1H3,(H,16,19)(H,20,21)/t11?,12-/m0/s1. The van der Waals surface area contributed by atoms with Crippen molar-refractivity contribution in [1.82, 2.24) is 10.2 Å². The molecule has 0 spiro atoms. The summed E-state index contributed by atoms with van der Waals surface area (Å²) in [5.41, 5.74) is 0.838. The number of benzene rings is 1. The summed E-state index contributed by atoms with van der Waals surface area (Å²) in [6, 6.07) is 8.13. The minimum absolute atomic E-state index is 0.0925. The summed E-state index contributed by atoms with van der Waals surface area (Å²) in [6.45, 7) is 0.336. The minimum Gasteiger partial charge on any atom is -0.480 e. The second-order valence-corrected chi connectivity index (χ2v) is 5.26. The molecule has 1 saturated heterocycles. The van der Waals surface area contributed by atoms with Crippen molar-refractivity contribution in [3.63, 3.8) is 0 Å². The summed E-state index contributed by atoms with van der Waals surface area (Å²) in [6.07, 6.45) is 0.360. The molecule has 6 nitrogen and oxygen atoms in total. The predicted molar refractivity (Wildman–Crippen MR) is 75.5 cm³/mol. The van der Waals surface area contributed by atoms with Crippen molar-refractivity contribution in [2.24, 2.45) is 5.92 Å². The average molecular weight is 290 g/mol. The molecule has 1 fully saturated rings. The summed E-state index contributed by atoms with van der Waals surface area (Å²) in [4.78, 5) is 36.3. The molecule has 1 aromatic carbocycles. The van der Waals surface area contributed by atoms with Gasteiger partial charge in [0.2, 0.25) is 11.8 Å². The zero-order valence-electron chi connectivity index (χ0n) is 11.8. The number of aliphatic carboxylic acids is 1. The number of hydrogen-bond donors (Lipinski definition) is 2. The summed E-state index contributed by atoms with van der Waals surface area (Å²) in [7, 11) is 1.63. The van der Waals surface area contributed by atoms with Crippen molar-refractivity contribution < 1.29 is 19.5 Å². The molecule has 0 aliphatic carbocycles. The number of carboxylic acid groups (broad SMARTS) is 1. The van der Waals surface area contributed by atoms with E-state index in [9.17, 15) is 19.5 Å². The van der Waals surface area contributed by atoms with Crippen LogP contribution in [0.1, 0.15) is 12.0 Å². The molecule has 1 heterocycles. The maximum absolute atomic E-state index is 12.1. The fraction of sp³-hybridized carbons (Fsp3) is 0.400. The molecule has 21 heavy (non-hydrogen) atoms. The van der Waals surface area contributed by atoms with E-state index in [1.165, 1.54) is 4.90 Å². The van der Waals surface area contributed by atoms with Gasteiger partial charge in [0.25, 0.3) is 0 Å². The number of likely N-dealkylation sites (tertiary alicyclic amines) is 1. The molecule has 2 atom stereocenters. The molecule has 1 aliphatic rings. The van der Waals surface area contributed by atoms with Crippen LogP contribution in [0.3, 0.4) is 0 Å². The van der Waals surface area contributed by atoms with Gasteiger partial charge >= 0.3 is 5.97 Å². The summed E-state index contributed by atoms with van der Waals surface area (Å²) in [5, 5.41) is 11.8. The number of carbonyl (C=O) groups is 3. The zero-order valence-corrected chi connectivity index (χ0v) is 11.8. The predicted octanol–water partition coefficient (Wildman–Crippen LogP) is 0.277. The minimum atomic E-state index is -1.08. The highest BCUT2D eigenvalue weighted by Crippen LogP contribution is 2.16. The molecule has 0 aromatic heterocycles. The highest BCUT2D eigenvalue weighted by atomic mass is 16.4. The smallest absolute Gasteiger partial charge is 0.326 e. The van der Waals surface area contributed by atoms with Crippen molar-refractivity contribution in [2.45, 2.75) is 18.9 Å². The first-order valence-electron chi connectivity index (χ1n) is 6.78. The second-order valence-electron chi connectivity index (χ2n) is 5.26. The van der Waals surface area contributed by atoms with Crippen LogP contribution in [0, 0.1) is 5.92 Å². The quantitative estimate of drug-likeness (QED) is 0.815. The lowest BCUT2D eigenvalue weighted by atomic mass is 10.0. The third kappa shape index (κ3) is 3.81. The van der Waals surface area contributed by atoms with Crippen LogP contribution < -0.4 is 5.32 Å². The number of carboxylic acids is 1. The number of hydrogen-bond acceptors (Lipinski definition) is 3. The molecule has 0 bridgehead atoms. The van der Waals surface area contributed by atoms with Crippen molar-refractivity contribution in [3.05, 3.63) is 35.9 Å². The second kappa shape index (κ2) is 6.39. The Morgan fingerprint density at radius 1 is 1.38 bits per heavy atom. The normalized spacial score (nSPS) is 19.4. The van der Waals surface area contributed by atoms with Crippen LogP contribution in [0.2, 0.25) is 0 Å². The molecule has 2 rings (SSSR count). The number of amides is 2. The monoisotopic (exact) mass is 290 g/mol. The van der Waals surface area contributed by atoms with Crippen LogP contribution in [0.4, 0.5) is 0 Å². The Labute approximate surface area is 122 Å². The highest BCUT2D eigenvalue weighted by molar-refractivity contribution is 5.91. The Bertz CT molecular complexity index is 544. The van der Waals surface area contributed by atoms with Gasteiger partial charge in [-0.2, -0.15) is 0 Å². The van der Waals surface area contributed by atoms with E-state index in [1.807, 2.05) is 30.3 Å². The molecule has 1 aromatic rings. The number of rotatable bonds is 5. The van der Waals surface area contributed by atoms with Crippen LogP contribution in [0.15, 0.2) is 30.3 Å². The van der Waals surface area contributed by atoms with E-state index in [2.05, 4.69) is 5.32 Å². The third-order valence-corrected chi connectivity index (χ3v) is 3.61. The van der Waals surface area contributed by atoms with Gasteiger partial charge in [0, 0.05) is 26.4 Å². The van der Waals surface area contributed by atoms with Crippen molar-refractivity contribution in [1.29, 1.82) is 0 Å². The number of nitrogens with zero attached hydrogens (tertiary/aromatic N) is 1. The Hall–Kier alpha value is -2.37. The lowest BCUT2D eigenvalue weighted by Gasteiger charge is -2.17. The fourth-order valence-electron chi connectivity index (χ4n) is 2.38. The SMILES string of the molecule is CN1CC(C(=O)N[C@@H](Cc2ccccc2)C(=O)O)CC1=O. The number of carbonyl (C=O) groups excluding carboxylic acids is 2.